The molecule has 1 atom stereocenters. The van der Waals surface area contributed by atoms with Crippen LogP contribution < -0.4 is 10.5 Å². The molecule has 116 valence electrons. The van der Waals surface area contributed by atoms with Crippen molar-refractivity contribution < 1.29 is 9.94 Å². The van der Waals surface area contributed by atoms with E-state index in [1.54, 1.807) is 0 Å². The van der Waals surface area contributed by atoms with E-state index in [0.717, 1.165) is 31.9 Å². The number of benzene rings is 1. The minimum Gasteiger partial charge on any atom is -0.493 e. The average molecular weight is 291 g/mol. The number of oxime groups is 1. The fourth-order valence-electron chi connectivity index (χ4n) is 2.76. The summed E-state index contributed by atoms with van der Waals surface area (Å²) in [6.45, 7) is 6.90. The van der Waals surface area contributed by atoms with Crippen molar-refractivity contribution in [2.24, 2.45) is 10.9 Å². The van der Waals surface area contributed by atoms with Gasteiger partial charge >= 0.3 is 0 Å². The highest BCUT2D eigenvalue weighted by Crippen LogP contribution is 2.34. The van der Waals surface area contributed by atoms with Gasteiger partial charge in [-0.25, -0.2) is 0 Å². The Morgan fingerprint density at radius 3 is 2.95 bits per heavy atom. The topological polar surface area (TPSA) is 71.1 Å². The highest BCUT2D eigenvalue weighted by molar-refractivity contribution is 5.79. The average Bonchev–Trinajstić information content (AvgIpc) is 2.50. The molecule has 3 N–H and O–H groups in total. The number of ether oxygens (including phenoxy) is 1. The van der Waals surface area contributed by atoms with E-state index in [9.17, 15) is 0 Å². The summed E-state index contributed by atoms with van der Waals surface area (Å²) in [4.78, 5) is 2.38. The first-order valence-electron chi connectivity index (χ1n) is 7.54. The van der Waals surface area contributed by atoms with Crippen molar-refractivity contribution in [3.05, 3.63) is 29.8 Å². The molecule has 0 amide bonds. The molecular weight excluding hydrogens is 266 g/mol. The second-order valence-corrected chi connectivity index (χ2v) is 5.80. The molecule has 0 aliphatic carbocycles. The van der Waals surface area contributed by atoms with Crippen LogP contribution in [-0.4, -0.2) is 41.7 Å². The van der Waals surface area contributed by atoms with Gasteiger partial charge in [-0.3, -0.25) is 4.90 Å². The Morgan fingerprint density at radius 1 is 1.48 bits per heavy atom. The van der Waals surface area contributed by atoms with E-state index in [1.165, 1.54) is 5.56 Å². The van der Waals surface area contributed by atoms with Crippen LogP contribution in [0.3, 0.4) is 0 Å². The van der Waals surface area contributed by atoms with E-state index >= 15 is 0 Å². The van der Waals surface area contributed by atoms with Crippen LogP contribution in [0.2, 0.25) is 0 Å². The lowest BCUT2D eigenvalue weighted by atomic mass is 9.92. The third-order valence-corrected chi connectivity index (χ3v) is 4.05. The third kappa shape index (κ3) is 4.11. The van der Waals surface area contributed by atoms with Crippen LogP contribution in [0.25, 0.3) is 0 Å². The van der Waals surface area contributed by atoms with Crippen LogP contribution in [0.15, 0.2) is 29.4 Å². The normalized spacial score (nSPS) is 18.7. The largest absolute Gasteiger partial charge is 0.493 e. The number of hydrogen-bond donors (Lipinski definition) is 2. The number of nitrogens with two attached hydrogens (primary N) is 1. The quantitative estimate of drug-likeness (QED) is 0.365. The van der Waals surface area contributed by atoms with E-state index in [2.05, 4.69) is 36.0 Å². The van der Waals surface area contributed by atoms with Gasteiger partial charge < -0.3 is 15.7 Å². The van der Waals surface area contributed by atoms with Crippen molar-refractivity contribution >= 4 is 5.84 Å². The summed E-state index contributed by atoms with van der Waals surface area (Å²) in [5, 5.41) is 11.7. The zero-order chi connectivity index (χ0) is 15.2. The second kappa shape index (κ2) is 7.31. The molecule has 5 nitrogen and oxygen atoms in total. The van der Waals surface area contributed by atoms with E-state index in [0.29, 0.717) is 18.4 Å². The number of hydrogen-bond acceptors (Lipinski definition) is 4. The molecule has 1 aliphatic rings. The molecule has 1 unspecified atom stereocenters. The molecule has 0 saturated carbocycles. The molecule has 1 aromatic carbocycles. The number of fused-ring (bicyclic) bond motifs is 1. The Morgan fingerprint density at radius 2 is 2.24 bits per heavy atom. The fourth-order valence-corrected chi connectivity index (χ4v) is 2.76. The summed E-state index contributed by atoms with van der Waals surface area (Å²) < 4.78 is 5.72. The lowest BCUT2D eigenvalue weighted by Crippen LogP contribution is -2.38. The van der Waals surface area contributed by atoms with E-state index in [-0.39, 0.29) is 5.84 Å². The van der Waals surface area contributed by atoms with Crippen molar-refractivity contribution in [1.29, 1.82) is 0 Å². The predicted octanol–water partition coefficient (Wildman–Crippen LogP) is 2.40. The minimum atomic E-state index is 0.285. The molecule has 1 aromatic rings. The molecular formula is C16H25N3O2. The standard InChI is InChI=1S/C16H25N3O2/c1-12(2)19(9-7-16(17)18-20)11-13-8-10-21-15-6-4-3-5-14(13)15/h3-6,12-13,20H,7-11H2,1-2H3,(H2,17,18). The predicted molar refractivity (Wildman–Crippen MR) is 84.0 cm³/mol. The van der Waals surface area contributed by atoms with Gasteiger partial charge in [-0.05, 0) is 31.9 Å². The molecule has 0 spiro atoms. The van der Waals surface area contributed by atoms with Gasteiger partial charge in [0.15, 0.2) is 0 Å². The van der Waals surface area contributed by atoms with Crippen molar-refractivity contribution in [3.63, 3.8) is 0 Å². The summed E-state index contributed by atoms with van der Waals surface area (Å²) in [5.74, 6) is 1.77. The number of para-hydroxylation sites is 1. The molecule has 1 aliphatic heterocycles. The first kappa shape index (κ1) is 15.6. The monoisotopic (exact) mass is 291 g/mol. The summed E-state index contributed by atoms with van der Waals surface area (Å²) in [7, 11) is 0. The Balaban J connectivity index is 2.04. The number of nitrogens with zero attached hydrogens (tertiary/aromatic N) is 2. The minimum absolute atomic E-state index is 0.285. The van der Waals surface area contributed by atoms with Gasteiger partial charge in [0.05, 0.1) is 6.61 Å². The maximum atomic E-state index is 8.67. The molecule has 0 saturated heterocycles. The summed E-state index contributed by atoms with van der Waals surface area (Å²) in [6.07, 6.45) is 1.61. The lowest BCUT2D eigenvalue weighted by molar-refractivity contribution is 0.184. The van der Waals surface area contributed by atoms with Gasteiger partial charge in [0, 0.05) is 31.5 Å². The van der Waals surface area contributed by atoms with Crippen molar-refractivity contribution in [1.82, 2.24) is 4.90 Å². The van der Waals surface area contributed by atoms with Gasteiger partial charge in [-0.1, -0.05) is 23.4 Å². The van der Waals surface area contributed by atoms with E-state index in [4.69, 9.17) is 15.7 Å². The summed E-state index contributed by atoms with van der Waals surface area (Å²) >= 11 is 0. The van der Waals surface area contributed by atoms with E-state index in [1.807, 2.05) is 12.1 Å². The molecule has 0 aromatic heterocycles. The fraction of sp³-hybridized carbons (Fsp3) is 0.562. The highest BCUT2D eigenvalue weighted by Gasteiger charge is 2.24. The Kier molecular flexibility index (Phi) is 5.44. The number of amidine groups is 1. The van der Waals surface area contributed by atoms with Crippen molar-refractivity contribution in [3.8, 4) is 5.75 Å². The van der Waals surface area contributed by atoms with Crippen molar-refractivity contribution in [2.45, 2.75) is 38.6 Å². The molecule has 1 heterocycles. The number of rotatable bonds is 6. The zero-order valence-electron chi connectivity index (χ0n) is 12.8. The van der Waals surface area contributed by atoms with Gasteiger partial charge in [0.1, 0.15) is 11.6 Å². The zero-order valence-corrected chi connectivity index (χ0v) is 12.8. The molecule has 5 heteroatoms. The molecule has 2 rings (SSSR count). The van der Waals surface area contributed by atoms with Crippen LogP contribution in [0.4, 0.5) is 0 Å². The van der Waals surface area contributed by atoms with Crippen LogP contribution in [0, 0.1) is 0 Å². The lowest BCUT2D eigenvalue weighted by Gasteiger charge is -2.33. The first-order valence-corrected chi connectivity index (χ1v) is 7.54. The summed E-state index contributed by atoms with van der Waals surface area (Å²) in [6, 6.07) is 8.70. The Labute approximate surface area is 126 Å². The first-order chi connectivity index (χ1) is 10.1. The molecule has 0 fully saturated rings. The molecule has 0 bridgehead atoms. The maximum Gasteiger partial charge on any atom is 0.140 e. The third-order valence-electron chi connectivity index (χ3n) is 4.05. The maximum absolute atomic E-state index is 8.67. The van der Waals surface area contributed by atoms with Crippen LogP contribution >= 0.6 is 0 Å². The Bertz CT molecular complexity index is 488. The second-order valence-electron chi connectivity index (χ2n) is 5.80. The van der Waals surface area contributed by atoms with Gasteiger partial charge in [0.2, 0.25) is 0 Å². The SMILES string of the molecule is CC(C)N(CC/C(N)=N/O)CC1CCOc2ccccc21. The van der Waals surface area contributed by atoms with Crippen LogP contribution in [0.5, 0.6) is 5.75 Å². The van der Waals surface area contributed by atoms with E-state index < -0.39 is 0 Å². The highest BCUT2D eigenvalue weighted by atomic mass is 16.5. The van der Waals surface area contributed by atoms with Crippen LogP contribution in [-0.2, 0) is 0 Å². The molecule has 0 radical (unpaired) electrons. The summed E-state index contributed by atoms with van der Waals surface area (Å²) in [5.41, 5.74) is 6.87. The smallest absolute Gasteiger partial charge is 0.140 e. The van der Waals surface area contributed by atoms with Crippen LogP contribution in [0.1, 0.15) is 38.2 Å². The Hall–Kier alpha value is -1.75. The van der Waals surface area contributed by atoms with Gasteiger partial charge in [-0.2, -0.15) is 0 Å². The van der Waals surface area contributed by atoms with Gasteiger partial charge in [0.25, 0.3) is 0 Å². The van der Waals surface area contributed by atoms with Gasteiger partial charge in [-0.15, -0.1) is 0 Å². The van der Waals surface area contributed by atoms with Crippen molar-refractivity contribution in [2.75, 3.05) is 19.7 Å². The molecule has 21 heavy (non-hydrogen) atoms.